The summed E-state index contributed by atoms with van der Waals surface area (Å²) >= 11 is 0. The maximum Gasteiger partial charge on any atom is 0.0362 e. The molecule has 21 heavy (non-hydrogen) atoms. The predicted octanol–water partition coefficient (Wildman–Crippen LogP) is 4.59. The average molecular weight is 295 g/mol. The van der Waals surface area contributed by atoms with Crippen molar-refractivity contribution in [1.82, 2.24) is 10.2 Å². The molecule has 2 unspecified atom stereocenters. The van der Waals surface area contributed by atoms with Gasteiger partial charge in [0.25, 0.3) is 0 Å². The Balaban J connectivity index is 2.10. The minimum atomic E-state index is 0.485. The highest BCUT2D eigenvalue weighted by molar-refractivity contribution is 5.04. The second-order valence-corrected chi connectivity index (χ2v) is 7.60. The van der Waals surface area contributed by atoms with Crippen LogP contribution in [0.25, 0.3) is 0 Å². The standard InChI is InChI=1S/C19H38N2/c1-4-11-17(3)16-18(20-5-2)19(12-7-8-13-19)21-14-9-6-10-15-21/h17-18,20H,4-16H2,1-3H3. The quantitative estimate of drug-likeness (QED) is 0.704. The molecule has 1 N–H and O–H groups in total. The Labute approximate surface area is 133 Å². The van der Waals surface area contributed by atoms with Gasteiger partial charge in [-0.15, -0.1) is 0 Å². The maximum atomic E-state index is 3.91. The fourth-order valence-electron chi connectivity index (χ4n) is 4.96. The van der Waals surface area contributed by atoms with Crippen LogP contribution in [0, 0.1) is 5.92 Å². The molecule has 0 aromatic heterocycles. The Morgan fingerprint density at radius 1 is 1.00 bits per heavy atom. The first kappa shape index (κ1) is 17.3. The molecule has 0 spiro atoms. The number of likely N-dealkylation sites (N-methyl/N-ethyl adjacent to an activating group) is 1. The Morgan fingerprint density at radius 2 is 1.67 bits per heavy atom. The largest absolute Gasteiger partial charge is 0.312 e. The van der Waals surface area contributed by atoms with Crippen molar-refractivity contribution in [2.75, 3.05) is 19.6 Å². The van der Waals surface area contributed by atoms with Crippen LogP contribution in [0.3, 0.4) is 0 Å². The fourth-order valence-corrected chi connectivity index (χ4v) is 4.96. The topological polar surface area (TPSA) is 15.3 Å². The molecule has 0 bridgehead atoms. The summed E-state index contributed by atoms with van der Waals surface area (Å²) in [6, 6.07) is 0.713. The van der Waals surface area contributed by atoms with E-state index in [9.17, 15) is 0 Å². The first-order chi connectivity index (χ1) is 10.2. The van der Waals surface area contributed by atoms with Crippen molar-refractivity contribution in [1.29, 1.82) is 0 Å². The van der Waals surface area contributed by atoms with Crippen LogP contribution in [0.2, 0.25) is 0 Å². The minimum Gasteiger partial charge on any atom is -0.312 e. The van der Waals surface area contributed by atoms with Crippen LogP contribution >= 0.6 is 0 Å². The molecule has 1 aliphatic heterocycles. The third-order valence-electron chi connectivity index (χ3n) is 5.97. The molecule has 2 atom stereocenters. The molecular weight excluding hydrogens is 256 g/mol. The predicted molar refractivity (Wildman–Crippen MR) is 92.8 cm³/mol. The number of rotatable bonds is 8. The molecule has 1 saturated carbocycles. The lowest BCUT2D eigenvalue weighted by Gasteiger charge is -2.49. The SMILES string of the molecule is CCCC(C)CC(NCC)C1(N2CCCCC2)CCCC1. The van der Waals surface area contributed by atoms with E-state index in [1.165, 1.54) is 77.3 Å². The number of nitrogens with one attached hydrogen (secondary N) is 1. The van der Waals surface area contributed by atoms with Gasteiger partial charge in [-0.05, 0) is 57.7 Å². The van der Waals surface area contributed by atoms with E-state index in [4.69, 9.17) is 0 Å². The monoisotopic (exact) mass is 294 g/mol. The van der Waals surface area contributed by atoms with Gasteiger partial charge in [0.15, 0.2) is 0 Å². The van der Waals surface area contributed by atoms with E-state index in [1.54, 1.807) is 0 Å². The number of likely N-dealkylation sites (tertiary alicyclic amines) is 1. The molecule has 0 aromatic carbocycles. The Bertz CT molecular complexity index is 277. The smallest absolute Gasteiger partial charge is 0.0362 e. The lowest BCUT2D eigenvalue weighted by molar-refractivity contribution is 0.0295. The fraction of sp³-hybridized carbons (Fsp3) is 1.00. The van der Waals surface area contributed by atoms with E-state index in [2.05, 4.69) is 31.0 Å². The Morgan fingerprint density at radius 3 is 2.24 bits per heavy atom. The van der Waals surface area contributed by atoms with Crippen LogP contribution in [0.5, 0.6) is 0 Å². The summed E-state index contributed by atoms with van der Waals surface area (Å²) in [5.41, 5.74) is 0.485. The van der Waals surface area contributed by atoms with Gasteiger partial charge in [0, 0.05) is 11.6 Å². The second-order valence-electron chi connectivity index (χ2n) is 7.60. The van der Waals surface area contributed by atoms with Gasteiger partial charge >= 0.3 is 0 Å². The lowest BCUT2D eigenvalue weighted by Crippen LogP contribution is -2.61. The van der Waals surface area contributed by atoms with Crippen molar-refractivity contribution in [2.24, 2.45) is 5.92 Å². The zero-order valence-corrected chi connectivity index (χ0v) is 14.8. The third kappa shape index (κ3) is 4.22. The van der Waals surface area contributed by atoms with Gasteiger partial charge in [-0.3, -0.25) is 4.90 Å². The summed E-state index contributed by atoms with van der Waals surface area (Å²) in [6.07, 6.45) is 14.1. The average Bonchev–Trinajstić information content (AvgIpc) is 2.99. The molecule has 0 amide bonds. The highest BCUT2D eigenvalue weighted by Crippen LogP contribution is 2.41. The minimum absolute atomic E-state index is 0.485. The van der Waals surface area contributed by atoms with Gasteiger partial charge in [-0.1, -0.05) is 52.9 Å². The van der Waals surface area contributed by atoms with Gasteiger partial charge < -0.3 is 5.32 Å². The number of hydrogen-bond acceptors (Lipinski definition) is 2. The summed E-state index contributed by atoms with van der Waals surface area (Å²) in [5, 5.41) is 3.91. The second kappa shape index (κ2) is 8.53. The van der Waals surface area contributed by atoms with Gasteiger partial charge in [0.2, 0.25) is 0 Å². The molecule has 2 rings (SSSR count). The first-order valence-corrected chi connectivity index (χ1v) is 9.71. The van der Waals surface area contributed by atoms with E-state index in [1.807, 2.05) is 0 Å². The van der Waals surface area contributed by atoms with Crippen molar-refractivity contribution in [3.05, 3.63) is 0 Å². The van der Waals surface area contributed by atoms with Crippen molar-refractivity contribution in [3.63, 3.8) is 0 Å². The highest BCUT2D eigenvalue weighted by atomic mass is 15.2. The summed E-state index contributed by atoms with van der Waals surface area (Å²) in [4.78, 5) is 2.90. The molecule has 0 aromatic rings. The molecule has 2 nitrogen and oxygen atoms in total. The Hall–Kier alpha value is -0.0800. The normalized spacial score (nSPS) is 25.9. The van der Waals surface area contributed by atoms with E-state index in [0.29, 0.717) is 11.6 Å². The van der Waals surface area contributed by atoms with E-state index in [-0.39, 0.29) is 0 Å². The zero-order valence-electron chi connectivity index (χ0n) is 14.8. The molecular formula is C19H38N2. The van der Waals surface area contributed by atoms with E-state index < -0.39 is 0 Å². The van der Waals surface area contributed by atoms with Crippen molar-refractivity contribution < 1.29 is 0 Å². The highest BCUT2D eigenvalue weighted by Gasteiger charge is 2.45. The molecule has 0 radical (unpaired) electrons. The van der Waals surface area contributed by atoms with E-state index >= 15 is 0 Å². The number of nitrogens with zero attached hydrogens (tertiary/aromatic N) is 1. The van der Waals surface area contributed by atoms with Crippen LogP contribution in [0.4, 0.5) is 0 Å². The number of piperidine rings is 1. The molecule has 1 aliphatic carbocycles. The molecule has 2 heteroatoms. The van der Waals surface area contributed by atoms with Crippen LogP contribution in [-0.4, -0.2) is 36.1 Å². The number of hydrogen-bond donors (Lipinski definition) is 1. The van der Waals surface area contributed by atoms with Gasteiger partial charge in [0.1, 0.15) is 0 Å². The molecule has 1 heterocycles. The Kier molecular flexibility index (Phi) is 7.01. The van der Waals surface area contributed by atoms with Crippen LogP contribution < -0.4 is 5.32 Å². The van der Waals surface area contributed by atoms with Gasteiger partial charge in [-0.25, -0.2) is 0 Å². The third-order valence-corrected chi connectivity index (χ3v) is 5.97. The maximum absolute atomic E-state index is 3.91. The molecule has 2 fully saturated rings. The van der Waals surface area contributed by atoms with Crippen molar-refractivity contribution in [2.45, 2.75) is 96.6 Å². The summed E-state index contributed by atoms with van der Waals surface area (Å²) in [6.45, 7) is 10.9. The summed E-state index contributed by atoms with van der Waals surface area (Å²) in [7, 11) is 0. The van der Waals surface area contributed by atoms with Crippen molar-refractivity contribution >= 4 is 0 Å². The zero-order chi connectivity index (χ0) is 15.1. The summed E-state index contributed by atoms with van der Waals surface area (Å²) in [5.74, 6) is 0.862. The molecule has 1 saturated heterocycles. The summed E-state index contributed by atoms with van der Waals surface area (Å²) < 4.78 is 0. The first-order valence-electron chi connectivity index (χ1n) is 9.71. The van der Waals surface area contributed by atoms with Crippen LogP contribution in [0.1, 0.15) is 85.0 Å². The molecule has 124 valence electrons. The van der Waals surface area contributed by atoms with Crippen LogP contribution in [0.15, 0.2) is 0 Å². The van der Waals surface area contributed by atoms with E-state index in [0.717, 1.165) is 12.5 Å². The van der Waals surface area contributed by atoms with Gasteiger partial charge in [-0.2, -0.15) is 0 Å². The molecule has 2 aliphatic rings. The van der Waals surface area contributed by atoms with Crippen molar-refractivity contribution in [3.8, 4) is 0 Å². The van der Waals surface area contributed by atoms with Crippen LogP contribution in [-0.2, 0) is 0 Å². The van der Waals surface area contributed by atoms with Gasteiger partial charge in [0.05, 0.1) is 0 Å². The lowest BCUT2D eigenvalue weighted by atomic mass is 9.79.